The second-order valence-electron chi connectivity index (χ2n) is 5.08. The number of carbonyl (C=O) groups is 1. The monoisotopic (exact) mass is 212 g/mol. The molecule has 0 atom stereocenters. The second kappa shape index (κ2) is 6.23. The van der Waals surface area contributed by atoms with E-state index in [1.807, 2.05) is 0 Å². The highest BCUT2D eigenvalue weighted by atomic mass is 16.1. The number of hydrogen-bond acceptors (Lipinski definition) is 3. The number of rotatable bonds is 5. The number of likely N-dealkylation sites (tertiary alicyclic amines) is 1. The molecule has 0 spiro atoms. The minimum Gasteiger partial charge on any atom is -0.328 e. The Kier molecular flexibility index (Phi) is 5.26. The summed E-state index contributed by atoms with van der Waals surface area (Å²) in [6.45, 7) is 6.95. The van der Waals surface area contributed by atoms with E-state index in [-0.39, 0.29) is 0 Å². The van der Waals surface area contributed by atoms with Crippen molar-refractivity contribution in [1.29, 1.82) is 0 Å². The molecule has 1 rings (SSSR count). The van der Waals surface area contributed by atoms with E-state index in [4.69, 9.17) is 5.73 Å². The standard InChI is InChI=1S/C12H24N2O/c1-10(2)3-4-12(15)9-14-7-5-11(13)6-8-14/h10-11H,3-9,13H2,1-2H3. The van der Waals surface area contributed by atoms with Gasteiger partial charge in [-0.15, -0.1) is 0 Å². The van der Waals surface area contributed by atoms with Gasteiger partial charge in [0.25, 0.3) is 0 Å². The average molecular weight is 212 g/mol. The summed E-state index contributed by atoms with van der Waals surface area (Å²) in [6, 6.07) is 0.354. The molecule has 0 aromatic heterocycles. The van der Waals surface area contributed by atoms with Gasteiger partial charge in [0.05, 0.1) is 6.54 Å². The molecule has 0 radical (unpaired) electrons. The van der Waals surface area contributed by atoms with Crippen molar-refractivity contribution in [3.63, 3.8) is 0 Å². The van der Waals surface area contributed by atoms with Gasteiger partial charge >= 0.3 is 0 Å². The van der Waals surface area contributed by atoms with Gasteiger partial charge < -0.3 is 5.73 Å². The van der Waals surface area contributed by atoms with Gasteiger partial charge in [-0.05, 0) is 25.2 Å². The fraction of sp³-hybridized carbons (Fsp3) is 0.917. The van der Waals surface area contributed by atoms with Crippen LogP contribution in [0.4, 0.5) is 0 Å². The third kappa shape index (κ3) is 5.28. The molecule has 2 N–H and O–H groups in total. The van der Waals surface area contributed by atoms with Gasteiger partial charge in [-0.25, -0.2) is 0 Å². The Hall–Kier alpha value is -0.410. The SMILES string of the molecule is CC(C)CCC(=O)CN1CCC(N)CC1. The molecule has 1 aliphatic rings. The topological polar surface area (TPSA) is 46.3 Å². The Bertz CT molecular complexity index is 196. The Morgan fingerprint density at radius 2 is 2.00 bits per heavy atom. The lowest BCUT2D eigenvalue weighted by molar-refractivity contribution is -0.120. The van der Waals surface area contributed by atoms with Crippen LogP contribution >= 0.6 is 0 Å². The van der Waals surface area contributed by atoms with E-state index in [2.05, 4.69) is 18.7 Å². The zero-order valence-electron chi connectivity index (χ0n) is 10.0. The first-order valence-corrected chi connectivity index (χ1v) is 6.07. The average Bonchev–Trinajstić information content (AvgIpc) is 2.19. The first kappa shape index (κ1) is 12.7. The molecule has 0 saturated carbocycles. The predicted molar refractivity (Wildman–Crippen MR) is 62.7 cm³/mol. The van der Waals surface area contributed by atoms with Crippen molar-refractivity contribution in [2.24, 2.45) is 11.7 Å². The molecule has 3 nitrogen and oxygen atoms in total. The summed E-state index contributed by atoms with van der Waals surface area (Å²) in [5, 5.41) is 0. The highest BCUT2D eigenvalue weighted by Gasteiger charge is 2.17. The van der Waals surface area contributed by atoms with E-state index in [1.165, 1.54) is 0 Å². The van der Waals surface area contributed by atoms with Crippen molar-refractivity contribution >= 4 is 5.78 Å². The summed E-state index contributed by atoms with van der Waals surface area (Å²) < 4.78 is 0. The quantitative estimate of drug-likeness (QED) is 0.749. The molecule has 1 aliphatic heterocycles. The van der Waals surface area contributed by atoms with Gasteiger partial charge in [-0.2, -0.15) is 0 Å². The molecule has 0 bridgehead atoms. The van der Waals surface area contributed by atoms with E-state index in [9.17, 15) is 4.79 Å². The second-order valence-corrected chi connectivity index (χ2v) is 5.08. The van der Waals surface area contributed by atoms with Crippen molar-refractivity contribution < 1.29 is 4.79 Å². The normalized spacial score (nSPS) is 19.7. The number of nitrogens with zero attached hydrogens (tertiary/aromatic N) is 1. The Labute approximate surface area is 93.0 Å². The fourth-order valence-corrected chi connectivity index (χ4v) is 1.89. The van der Waals surface area contributed by atoms with Crippen LogP contribution in [-0.4, -0.2) is 36.4 Å². The van der Waals surface area contributed by atoms with Crippen LogP contribution in [0.15, 0.2) is 0 Å². The lowest BCUT2D eigenvalue weighted by Crippen LogP contribution is -2.41. The first-order chi connectivity index (χ1) is 7.08. The van der Waals surface area contributed by atoms with Crippen LogP contribution in [0.2, 0.25) is 0 Å². The smallest absolute Gasteiger partial charge is 0.146 e. The zero-order valence-corrected chi connectivity index (χ0v) is 10.0. The molecule has 3 heteroatoms. The zero-order chi connectivity index (χ0) is 11.3. The van der Waals surface area contributed by atoms with Crippen molar-refractivity contribution in [1.82, 2.24) is 4.90 Å². The van der Waals surface area contributed by atoms with Gasteiger partial charge in [0.2, 0.25) is 0 Å². The molecule has 0 aliphatic carbocycles. The van der Waals surface area contributed by atoms with Crippen LogP contribution in [0.3, 0.4) is 0 Å². The van der Waals surface area contributed by atoms with Crippen molar-refractivity contribution in [3.8, 4) is 0 Å². The predicted octanol–water partition coefficient (Wildman–Crippen LogP) is 1.41. The van der Waals surface area contributed by atoms with Crippen molar-refractivity contribution in [2.45, 2.75) is 45.6 Å². The number of hydrogen-bond donors (Lipinski definition) is 1. The van der Waals surface area contributed by atoms with Crippen LogP contribution < -0.4 is 5.73 Å². The molecule has 15 heavy (non-hydrogen) atoms. The number of Topliss-reactive ketones (excluding diaryl/α,β-unsaturated/α-hetero) is 1. The molecule has 1 heterocycles. The number of ketones is 1. The van der Waals surface area contributed by atoms with E-state index < -0.39 is 0 Å². The van der Waals surface area contributed by atoms with E-state index in [0.29, 0.717) is 24.3 Å². The van der Waals surface area contributed by atoms with Gasteiger partial charge in [0, 0.05) is 25.6 Å². The van der Waals surface area contributed by atoms with Gasteiger partial charge in [0.1, 0.15) is 5.78 Å². The third-order valence-corrected chi connectivity index (χ3v) is 3.03. The molecule has 1 fully saturated rings. The maximum absolute atomic E-state index is 11.6. The third-order valence-electron chi connectivity index (χ3n) is 3.03. The van der Waals surface area contributed by atoms with Crippen LogP contribution in [-0.2, 0) is 4.79 Å². The maximum atomic E-state index is 11.6. The van der Waals surface area contributed by atoms with Crippen LogP contribution in [0.25, 0.3) is 0 Å². The Balaban J connectivity index is 2.15. The Morgan fingerprint density at radius 1 is 1.40 bits per heavy atom. The highest BCUT2D eigenvalue weighted by molar-refractivity contribution is 5.80. The first-order valence-electron chi connectivity index (χ1n) is 6.07. The summed E-state index contributed by atoms with van der Waals surface area (Å²) in [7, 11) is 0. The van der Waals surface area contributed by atoms with Crippen molar-refractivity contribution in [2.75, 3.05) is 19.6 Å². The van der Waals surface area contributed by atoms with E-state index in [0.717, 1.165) is 38.8 Å². The lowest BCUT2D eigenvalue weighted by Gasteiger charge is -2.29. The number of carbonyl (C=O) groups excluding carboxylic acids is 1. The Morgan fingerprint density at radius 3 is 2.53 bits per heavy atom. The molecule has 0 unspecified atom stereocenters. The van der Waals surface area contributed by atoms with Gasteiger partial charge in [0.15, 0.2) is 0 Å². The summed E-state index contributed by atoms with van der Waals surface area (Å²) in [4.78, 5) is 13.9. The highest BCUT2D eigenvalue weighted by Crippen LogP contribution is 2.09. The summed E-state index contributed by atoms with van der Waals surface area (Å²) in [5.41, 5.74) is 5.81. The van der Waals surface area contributed by atoms with Crippen molar-refractivity contribution in [3.05, 3.63) is 0 Å². The minimum absolute atomic E-state index is 0.354. The number of nitrogens with two attached hydrogens (primary N) is 1. The molecular weight excluding hydrogens is 188 g/mol. The van der Waals surface area contributed by atoms with E-state index >= 15 is 0 Å². The molecular formula is C12H24N2O. The van der Waals surface area contributed by atoms with Gasteiger partial charge in [-0.1, -0.05) is 13.8 Å². The van der Waals surface area contributed by atoms with Crippen LogP contribution in [0, 0.1) is 5.92 Å². The van der Waals surface area contributed by atoms with Gasteiger partial charge in [-0.3, -0.25) is 9.69 Å². The molecule has 0 aromatic rings. The van der Waals surface area contributed by atoms with Crippen LogP contribution in [0.5, 0.6) is 0 Å². The largest absolute Gasteiger partial charge is 0.328 e. The molecule has 88 valence electrons. The molecule has 0 aromatic carbocycles. The lowest BCUT2D eigenvalue weighted by atomic mass is 10.0. The summed E-state index contributed by atoms with van der Waals surface area (Å²) in [5.74, 6) is 1.02. The minimum atomic E-state index is 0.354. The number of piperidine rings is 1. The van der Waals surface area contributed by atoms with E-state index in [1.54, 1.807) is 0 Å². The maximum Gasteiger partial charge on any atom is 0.146 e. The molecule has 1 saturated heterocycles. The fourth-order valence-electron chi connectivity index (χ4n) is 1.89. The summed E-state index contributed by atoms with van der Waals surface area (Å²) >= 11 is 0. The summed E-state index contributed by atoms with van der Waals surface area (Å²) in [6.07, 6.45) is 3.83. The molecule has 0 amide bonds. The van der Waals surface area contributed by atoms with Crippen LogP contribution in [0.1, 0.15) is 39.5 Å².